The standard InChI is InChI=1S/C15H20N2S/c1-11-4-5-13(6-12(11)2)7-14(16-3)8-15-9-17-10-18-15/h4-6,9-10,14,16H,7-8H2,1-3H3. The van der Waals surface area contributed by atoms with Gasteiger partial charge in [0.25, 0.3) is 0 Å². The summed E-state index contributed by atoms with van der Waals surface area (Å²) >= 11 is 1.73. The number of likely N-dealkylation sites (N-methyl/N-ethyl adjacent to an activating group) is 1. The Kier molecular flexibility index (Phi) is 4.50. The second-order valence-electron chi connectivity index (χ2n) is 4.78. The SMILES string of the molecule is CNC(Cc1ccc(C)c(C)c1)Cc1cncs1. The number of hydrogen-bond acceptors (Lipinski definition) is 3. The third-order valence-corrected chi connectivity index (χ3v) is 4.19. The predicted molar refractivity (Wildman–Crippen MR) is 78.3 cm³/mol. The Morgan fingerprint density at radius 3 is 2.67 bits per heavy atom. The Bertz CT molecular complexity index is 491. The van der Waals surface area contributed by atoms with Gasteiger partial charge >= 0.3 is 0 Å². The summed E-state index contributed by atoms with van der Waals surface area (Å²) in [6.07, 6.45) is 4.08. The van der Waals surface area contributed by atoms with Crippen LogP contribution in [0.4, 0.5) is 0 Å². The lowest BCUT2D eigenvalue weighted by Gasteiger charge is -2.16. The molecule has 1 aromatic heterocycles. The molecule has 0 bridgehead atoms. The Morgan fingerprint density at radius 2 is 2.06 bits per heavy atom. The van der Waals surface area contributed by atoms with E-state index in [2.05, 4.69) is 42.3 Å². The van der Waals surface area contributed by atoms with E-state index >= 15 is 0 Å². The van der Waals surface area contributed by atoms with Crippen molar-refractivity contribution in [3.8, 4) is 0 Å². The normalized spacial score (nSPS) is 12.6. The van der Waals surface area contributed by atoms with Crippen molar-refractivity contribution in [2.45, 2.75) is 32.7 Å². The van der Waals surface area contributed by atoms with Crippen LogP contribution in [0.2, 0.25) is 0 Å². The number of aryl methyl sites for hydroxylation is 2. The van der Waals surface area contributed by atoms with Crippen molar-refractivity contribution in [1.29, 1.82) is 0 Å². The van der Waals surface area contributed by atoms with Crippen LogP contribution in [-0.2, 0) is 12.8 Å². The number of hydrogen-bond donors (Lipinski definition) is 1. The maximum absolute atomic E-state index is 4.13. The summed E-state index contributed by atoms with van der Waals surface area (Å²) in [6, 6.07) is 7.23. The van der Waals surface area contributed by atoms with E-state index in [0.717, 1.165) is 12.8 Å². The summed E-state index contributed by atoms with van der Waals surface area (Å²) in [4.78, 5) is 5.48. The van der Waals surface area contributed by atoms with Crippen molar-refractivity contribution in [2.24, 2.45) is 0 Å². The summed E-state index contributed by atoms with van der Waals surface area (Å²) in [5, 5.41) is 3.40. The first-order chi connectivity index (χ1) is 8.69. The Hall–Kier alpha value is -1.19. The highest BCUT2D eigenvalue weighted by atomic mass is 32.1. The molecule has 1 N–H and O–H groups in total. The third-order valence-electron chi connectivity index (χ3n) is 3.39. The van der Waals surface area contributed by atoms with Gasteiger partial charge in [-0.25, -0.2) is 0 Å². The monoisotopic (exact) mass is 260 g/mol. The molecular formula is C15H20N2S. The molecule has 2 rings (SSSR count). The van der Waals surface area contributed by atoms with E-state index < -0.39 is 0 Å². The van der Waals surface area contributed by atoms with E-state index in [1.165, 1.54) is 21.6 Å². The number of nitrogens with zero attached hydrogens (tertiary/aromatic N) is 1. The average Bonchev–Trinajstić information content (AvgIpc) is 2.86. The molecule has 1 aromatic carbocycles. The van der Waals surface area contributed by atoms with Gasteiger partial charge < -0.3 is 5.32 Å². The van der Waals surface area contributed by atoms with Crippen LogP contribution in [0.5, 0.6) is 0 Å². The first kappa shape index (κ1) is 13.2. The van der Waals surface area contributed by atoms with Crippen LogP contribution in [0.1, 0.15) is 21.6 Å². The van der Waals surface area contributed by atoms with Crippen LogP contribution in [0.25, 0.3) is 0 Å². The first-order valence-corrected chi connectivity index (χ1v) is 7.17. The van der Waals surface area contributed by atoms with E-state index in [1.807, 2.05) is 18.8 Å². The third kappa shape index (κ3) is 3.40. The molecule has 1 atom stereocenters. The summed E-state index contributed by atoms with van der Waals surface area (Å²) < 4.78 is 0. The molecule has 3 heteroatoms. The molecule has 0 saturated carbocycles. The quantitative estimate of drug-likeness (QED) is 0.893. The van der Waals surface area contributed by atoms with Crippen molar-refractivity contribution in [3.63, 3.8) is 0 Å². The zero-order valence-electron chi connectivity index (χ0n) is 11.2. The molecule has 2 aromatic rings. The molecule has 0 aliphatic heterocycles. The van der Waals surface area contributed by atoms with Gasteiger partial charge in [0.15, 0.2) is 0 Å². The first-order valence-electron chi connectivity index (χ1n) is 6.30. The molecule has 2 nitrogen and oxygen atoms in total. The fraction of sp³-hybridized carbons (Fsp3) is 0.400. The highest BCUT2D eigenvalue weighted by Gasteiger charge is 2.10. The van der Waals surface area contributed by atoms with Gasteiger partial charge in [-0.05, 0) is 50.4 Å². The lowest BCUT2D eigenvalue weighted by molar-refractivity contribution is 0.559. The van der Waals surface area contributed by atoms with Gasteiger partial charge in [-0.15, -0.1) is 11.3 Å². The van der Waals surface area contributed by atoms with Crippen LogP contribution in [0, 0.1) is 13.8 Å². The van der Waals surface area contributed by atoms with Gasteiger partial charge in [-0.1, -0.05) is 18.2 Å². The molecule has 1 heterocycles. The fourth-order valence-electron chi connectivity index (χ4n) is 2.08. The Balaban J connectivity index is 2.03. The maximum Gasteiger partial charge on any atom is 0.0794 e. The Morgan fingerprint density at radius 1 is 1.22 bits per heavy atom. The van der Waals surface area contributed by atoms with Crippen molar-refractivity contribution in [2.75, 3.05) is 7.05 Å². The van der Waals surface area contributed by atoms with Crippen molar-refractivity contribution >= 4 is 11.3 Å². The van der Waals surface area contributed by atoms with Gasteiger partial charge in [0.1, 0.15) is 0 Å². The number of nitrogens with one attached hydrogen (secondary N) is 1. The number of benzene rings is 1. The predicted octanol–water partition coefficient (Wildman–Crippen LogP) is 3.13. The highest BCUT2D eigenvalue weighted by molar-refractivity contribution is 7.09. The second kappa shape index (κ2) is 6.12. The second-order valence-corrected chi connectivity index (χ2v) is 5.75. The van der Waals surface area contributed by atoms with Gasteiger partial charge in [0.2, 0.25) is 0 Å². The lowest BCUT2D eigenvalue weighted by Crippen LogP contribution is -2.29. The zero-order valence-corrected chi connectivity index (χ0v) is 12.1. The van der Waals surface area contributed by atoms with Gasteiger partial charge in [0.05, 0.1) is 5.51 Å². The van der Waals surface area contributed by atoms with Crippen LogP contribution in [0.3, 0.4) is 0 Å². The minimum atomic E-state index is 0.479. The smallest absolute Gasteiger partial charge is 0.0794 e. The van der Waals surface area contributed by atoms with E-state index in [4.69, 9.17) is 0 Å². The molecule has 18 heavy (non-hydrogen) atoms. The van der Waals surface area contributed by atoms with Crippen molar-refractivity contribution in [1.82, 2.24) is 10.3 Å². The summed E-state index contributed by atoms with van der Waals surface area (Å²) in [7, 11) is 2.03. The van der Waals surface area contributed by atoms with Crippen LogP contribution in [-0.4, -0.2) is 18.1 Å². The largest absolute Gasteiger partial charge is 0.316 e. The molecule has 0 radical (unpaired) electrons. The molecule has 0 aliphatic carbocycles. The van der Waals surface area contributed by atoms with Crippen LogP contribution in [0.15, 0.2) is 29.9 Å². The molecule has 1 unspecified atom stereocenters. The molecule has 96 valence electrons. The van der Waals surface area contributed by atoms with Gasteiger partial charge in [-0.2, -0.15) is 0 Å². The number of rotatable bonds is 5. The Labute approximate surface area is 113 Å². The zero-order chi connectivity index (χ0) is 13.0. The van der Waals surface area contributed by atoms with Crippen LogP contribution < -0.4 is 5.32 Å². The summed E-state index contributed by atoms with van der Waals surface area (Å²) in [6.45, 7) is 4.34. The van der Waals surface area contributed by atoms with Crippen LogP contribution >= 0.6 is 11.3 Å². The molecule has 0 saturated heterocycles. The van der Waals surface area contributed by atoms with Crippen molar-refractivity contribution < 1.29 is 0 Å². The van der Waals surface area contributed by atoms with Gasteiger partial charge in [-0.3, -0.25) is 4.98 Å². The molecule has 0 amide bonds. The average molecular weight is 260 g/mol. The lowest BCUT2D eigenvalue weighted by atomic mass is 9.99. The summed E-state index contributed by atoms with van der Waals surface area (Å²) in [5.74, 6) is 0. The van der Waals surface area contributed by atoms with Gasteiger partial charge in [0, 0.05) is 17.1 Å². The summed E-state index contributed by atoms with van der Waals surface area (Å²) in [5.41, 5.74) is 6.04. The van der Waals surface area contributed by atoms with Crippen molar-refractivity contribution in [3.05, 3.63) is 51.5 Å². The fourth-order valence-corrected chi connectivity index (χ4v) is 2.75. The molecular weight excluding hydrogens is 240 g/mol. The maximum atomic E-state index is 4.13. The van der Waals surface area contributed by atoms with E-state index in [-0.39, 0.29) is 0 Å². The number of thiazole rings is 1. The minimum absolute atomic E-state index is 0.479. The minimum Gasteiger partial charge on any atom is -0.316 e. The van der Waals surface area contributed by atoms with E-state index in [0.29, 0.717) is 6.04 Å². The van der Waals surface area contributed by atoms with E-state index in [1.54, 1.807) is 11.3 Å². The highest BCUT2D eigenvalue weighted by Crippen LogP contribution is 2.15. The molecule has 0 aliphatic rings. The molecule has 0 fully saturated rings. The topological polar surface area (TPSA) is 24.9 Å². The van der Waals surface area contributed by atoms with E-state index in [9.17, 15) is 0 Å². The molecule has 0 spiro atoms. The number of aromatic nitrogens is 1.